The van der Waals surface area contributed by atoms with E-state index in [0.717, 1.165) is 65.1 Å². The molecule has 1 aliphatic rings. The summed E-state index contributed by atoms with van der Waals surface area (Å²) in [5, 5.41) is 4.43. The van der Waals surface area contributed by atoms with Crippen LogP contribution in [0, 0.1) is 5.82 Å². The van der Waals surface area contributed by atoms with Gasteiger partial charge in [-0.3, -0.25) is 0 Å². The van der Waals surface area contributed by atoms with Crippen molar-refractivity contribution in [3.8, 4) is 21.8 Å². The van der Waals surface area contributed by atoms with Gasteiger partial charge in [-0.1, -0.05) is 6.92 Å². The van der Waals surface area contributed by atoms with E-state index in [9.17, 15) is 4.39 Å². The molecule has 1 saturated heterocycles. The summed E-state index contributed by atoms with van der Waals surface area (Å²) in [4.78, 5) is 17.6. The van der Waals surface area contributed by atoms with Gasteiger partial charge in [-0.15, -0.1) is 11.3 Å². The highest BCUT2D eigenvalue weighted by atomic mass is 32.1. The molecule has 0 amide bonds. The Morgan fingerprint density at radius 3 is 2.62 bits per heavy atom. The molecule has 3 aromatic rings. The Morgan fingerprint density at radius 1 is 1.14 bits per heavy atom. The van der Waals surface area contributed by atoms with Gasteiger partial charge in [0.1, 0.15) is 11.6 Å². The molecule has 0 radical (unpaired) electrons. The Hall–Kier alpha value is -2.22. The monoisotopic (exact) mass is 411 g/mol. The molecule has 0 bridgehead atoms. The van der Waals surface area contributed by atoms with Crippen LogP contribution in [0.15, 0.2) is 36.5 Å². The summed E-state index contributed by atoms with van der Waals surface area (Å²) in [7, 11) is 2.17. The minimum absolute atomic E-state index is 0.240. The third-order valence-electron chi connectivity index (χ3n) is 5.30. The lowest BCUT2D eigenvalue weighted by Gasteiger charge is -2.27. The average Bonchev–Trinajstić information content (AvgIpc) is 3.19. The molecule has 5 nitrogen and oxygen atoms in total. The predicted octanol–water partition coefficient (Wildman–Crippen LogP) is 4.32. The van der Waals surface area contributed by atoms with Crippen LogP contribution in [0.3, 0.4) is 0 Å². The van der Waals surface area contributed by atoms with Crippen LogP contribution in [0.1, 0.15) is 36.5 Å². The fraction of sp³-hybridized carbons (Fsp3) is 0.409. The number of hydrogen-bond acceptors (Lipinski definition) is 6. The van der Waals surface area contributed by atoms with Crippen molar-refractivity contribution in [1.29, 1.82) is 0 Å². The highest BCUT2D eigenvalue weighted by Gasteiger charge is 2.25. The zero-order chi connectivity index (χ0) is 20.2. The third-order valence-corrected chi connectivity index (χ3v) is 6.54. The molecule has 4 rings (SSSR count). The molecule has 7 heteroatoms. The molecule has 152 valence electrons. The minimum Gasteiger partial charge on any atom is -0.310 e. The summed E-state index contributed by atoms with van der Waals surface area (Å²) < 4.78 is 13.5. The smallest absolute Gasteiger partial charge is 0.142 e. The minimum atomic E-state index is -0.240. The molecule has 1 N–H and O–H groups in total. The molecule has 1 aromatic carbocycles. The number of benzene rings is 1. The molecule has 0 saturated carbocycles. The zero-order valence-electron chi connectivity index (χ0n) is 16.9. The van der Waals surface area contributed by atoms with E-state index in [1.54, 1.807) is 29.7 Å². The number of thiazole rings is 1. The van der Waals surface area contributed by atoms with E-state index in [-0.39, 0.29) is 5.82 Å². The Labute approximate surface area is 175 Å². The van der Waals surface area contributed by atoms with E-state index >= 15 is 0 Å². The van der Waals surface area contributed by atoms with E-state index in [2.05, 4.69) is 29.2 Å². The van der Waals surface area contributed by atoms with Gasteiger partial charge >= 0.3 is 0 Å². The Kier molecular flexibility index (Phi) is 6.28. The van der Waals surface area contributed by atoms with Crippen molar-refractivity contribution in [3.05, 3.63) is 53.2 Å². The zero-order valence-corrected chi connectivity index (χ0v) is 17.7. The Balaban J connectivity index is 1.74. The van der Waals surface area contributed by atoms with E-state index in [4.69, 9.17) is 9.97 Å². The van der Waals surface area contributed by atoms with E-state index in [0.29, 0.717) is 12.5 Å². The second-order valence-corrected chi connectivity index (χ2v) is 8.48. The topological polar surface area (TPSA) is 53.9 Å². The van der Waals surface area contributed by atoms with Crippen LogP contribution in [0.25, 0.3) is 21.8 Å². The molecule has 3 heterocycles. The highest BCUT2D eigenvalue weighted by molar-refractivity contribution is 7.15. The van der Waals surface area contributed by atoms with Crippen LogP contribution in [0.2, 0.25) is 0 Å². The molecule has 1 fully saturated rings. The molecule has 1 aliphatic heterocycles. The van der Waals surface area contributed by atoms with Gasteiger partial charge in [-0.25, -0.2) is 19.3 Å². The normalized spacial score (nSPS) is 15.7. The van der Waals surface area contributed by atoms with E-state index < -0.39 is 0 Å². The molecule has 2 aromatic heterocycles. The number of rotatable bonds is 6. The molecular weight excluding hydrogens is 385 g/mol. The Morgan fingerprint density at radius 2 is 1.90 bits per heavy atom. The number of likely N-dealkylation sites (tertiary alicyclic amines) is 1. The van der Waals surface area contributed by atoms with Crippen LogP contribution >= 0.6 is 11.3 Å². The number of halogens is 1. The van der Waals surface area contributed by atoms with Gasteiger partial charge < -0.3 is 10.2 Å². The number of nitrogens with one attached hydrogen (secondary N) is 1. The largest absolute Gasteiger partial charge is 0.310 e. The van der Waals surface area contributed by atoms with Crippen LogP contribution < -0.4 is 5.32 Å². The third kappa shape index (κ3) is 4.69. The molecule has 0 aliphatic carbocycles. The number of aromatic nitrogens is 3. The van der Waals surface area contributed by atoms with Crippen LogP contribution in [-0.4, -0.2) is 46.5 Å². The molecule has 0 unspecified atom stereocenters. The van der Waals surface area contributed by atoms with Crippen molar-refractivity contribution in [3.63, 3.8) is 0 Å². The summed E-state index contributed by atoms with van der Waals surface area (Å²) >= 11 is 1.72. The fourth-order valence-corrected chi connectivity index (χ4v) is 4.82. The molecule has 0 spiro atoms. The number of hydrogen-bond donors (Lipinski definition) is 1. The van der Waals surface area contributed by atoms with Gasteiger partial charge in [-0.05, 0) is 69.9 Å². The second-order valence-electron chi connectivity index (χ2n) is 7.45. The van der Waals surface area contributed by atoms with Gasteiger partial charge in [-0.2, -0.15) is 0 Å². The van der Waals surface area contributed by atoms with Crippen LogP contribution in [0.5, 0.6) is 0 Å². The Bertz CT molecular complexity index is 948. The lowest BCUT2D eigenvalue weighted by Crippen LogP contribution is -2.29. The standard InChI is InChI=1S/C22H26FN5S/c1-3-24-14-19-25-11-8-18(26-19)21-20(15-4-6-17(23)7-5-15)27-22(29-21)16-9-12-28(2)13-10-16/h4-8,11,16,24H,3,9-10,12-14H2,1-2H3. The molecule has 29 heavy (non-hydrogen) atoms. The van der Waals surface area contributed by atoms with Crippen LogP contribution in [-0.2, 0) is 6.54 Å². The maximum atomic E-state index is 13.5. The SMILES string of the molecule is CCNCc1nccc(-c2sc(C3CCN(C)CC3)nc2-c2ccc(F)cc2)n1. The average molecular weight is 412 g/mol. The van der Waals surface area contributed by atoms with Crippen molar-refractivity contribution in [2.24, 2.45) is 0 Å². The van der Waals surface area contributed by atoms with E-state index in [1.165, 1.54) is 12.1 Å². The lowest BCUT2D eigenvalue weighted by atomic mass is 9.98. The van der Waals surface area contributed by atoms with Crippen molar-refractivity contribution < 1.29 is 4.39 Å². The maximum absolute atomic E-state index is 13.5. The predicted molar refractivity (Wildman–Crippen MR) is 115 cm³/mol. The summed E-state index contributed by atoms with van der Waals surface area (Å²) in [6.07, 6.45) is 4.03. The summed E-state index contributed by atoms with van der Waals surface area (Å²) in [6, 6.07) is 8.52. The summed E-state index contributed by atoms with van der Waals surface area (Å²) in [5.41, 5.74) is 2.68. The van der Waals surface area contributed by atoms with Crippen molar-refractivity contribution in [1.82, 2.24) is 25.2 Å². The lowest BCUT2D eigenvalue weighted by molar-refractivity contribution is 0.255. The number of piperidine rings is 1. The first kappa shape index (κ1) is 20.1. The quantitative estimate of drug-likeness (QED) is 0.654. The first-order valence-electron chi connectivity index (χ1n) is 10.1. The van der Waals surface area contributed by atoms with Crippen molar-refractivity contribution in [2.45, 2.75) is 32.2 Å². The van der Waals surface area contributed by atoms with E-state index in [1.807, 2.05) is 6.07 Å². The van der Waals surface area contributed by atoms with Gasteiger partial charge in [0.05, 0.1) is 27.8 Å². The number of nitrogens with zero attached hydrogens (tertiary/aromatic N) is 4. The van der Waals surface area contributed by atoms with Crippen molar-refractivity contribution in [2.75, 3.05) is 26.7 Å². The summed E-state index contributed by atoms with van der Waals surface area (Å²) in [6.45, 7) is 5.75. The maximum Gasteiger partial charge on any atom is 0.142 e. The van der Waals surface area contributed by atoms with Gasteiger partial charge in [0, 0.05) is 17.7 Å². The van der Waals surface area contributed by atoms with Gasteiger partial charge in [0.15, 0.2) is 0 Å². The molecular formula is C22H26FN5S. The first-order chi connectivity index (χ1) is 14.1. The molecule has 0 atom stereocenters. The first-order valence-corrected chi connectivity index (χ1v) is 10.9. The van der Waals surface area contributed by atoms with Crippen LogP contribution in [0.4, 0.5) is 4.39 Å². The van der Waals surface area contributed by atoms with Gasteiger partial charge in [0.25, 0.3) is 0 Å². The second kappa shape index (κ2) is 9.07. The van der Waals surface area contributed by atoms with Gasteiger partial charge in [0.2, 0.25) is 0 Å². The fourth-order valence-electron chi connectivity index (χ4n) is 3.59. The summed E-state index contributed by atoms with van der Waals surface area (Å²) in [5.74, 6) is 0.992. The highest BCUT2D eigenvalue weighted by Crippen LogP contribution is 2.40. The van der Waals surface area contributed by atoms with Crippen molar-refractivity contribution >= 4 is 11.3 Å².